The normalized spacial score (nSPS) is 13.7. The Morgan fingerprint density at radius 2 is 2.00 bits per heavy atom. The number of ketones is 1. The first-order chi connectivity index (χ1) is 13.5. The molecule has 1 aliphatic rings. The first kappa shape index (κ1) is 18.6. The maximum absolute atomic E-state index is 12.9. The first-order valence-electron chi connectivity index (χ1n) is 9.16. The molecule has 0 aliphatic heterocycles. The summed E-state index contributed by atoms with van der Waals surface area (Å²) in [6.07, 6.45) is 1.98. The summed E-state index contributed by atoms with van der Waals surface area (Å²) in [5.74, 6) is 1.06. The van der Waals surface area contributed by atoms with Gasteiger partial charge in [0.2, 0.25) is 0 Å². The number of thioether (sulfide) groups is 1. The molecular formula is C20H22N4O3S. The standard InChI is InChI=1S/C20H22N4O3S/c1-12-10-17(13(2)23(12)14-6-8-16(27-3)9-7-14)18(25)11-28-20-22-21-19(26)24(20)15-4-5-15/h6-10,15H,4-5,11H2,1-3H3,(H,21,26). The Morgan fingerprint density at radius 3 is 2.64 bits per heavy atom. The average Bonchev–Trinajstić information content (AvgIpc) is 3.40. The molecule has 0 spiro atoms. The molecule has 0 amide bonds. The molecule has 8 heteroatoms. The predicted octanol–water partition coefficient (Wildman–Crippen LogP) is 3.30. The third kappa shape index (κ3) is 3.40. The van der Waals surface area contributed by atoms with E-state index in [-0.39, 0.29) is 23.3 Å². The lowest BCUT2D eigenvalue weighted by molar-refractivity contribution is 0.102. The van der Waals surface area contributed by atoms with Crippen molar-refractivity contribution in [1.82, 2.24) is 19.3 Å². The molecule has 2 aromatic heterocycles. The van der Waals surface area contributed by atoms with E-state index in [1.807, 2.05) is 44.2 Å². The van der Waals surface area contributed by atoms with Crippen molar-refractivity contribution in [3.05, 3.63) is 57.8 Å². The molecule has 2 heterocycles. The van der Waals surface area contributed by atoms with Crippen LogP contribution in [-0.4, -0.2) is 38.0 Å². The number of nitrogens with zero attached hydrogens (tertiary/aromatic N) is 3. The van der Waals surface area contributed by atoms with Crippen LogP contribution in [0.4, 0.5) is 0 Å². The van der Waals surface area contributed by atoms with Gasteiger partial charge < -0.3 is 9.30 Å². The van der Waals surface area contributed by atoms with Crippen molar-refractivity contribution in [3.8, 4) is 11.4 Å². The molecule has 3 aromatic rings. The zero-order valence-corrected chi connectivity index (χ0v) is 16.9. The highest BCUT2D eigenvalue weighted by Gasteiger charge is 2.29. The van der Waals surface area contributed by atoms with Gasteiger partial charge in [0, 0.05) is 28.7 Å². The lowest BCUT2D eigenvalue weighted by atomic mass is 10.2. The average molecular weight is 398 g/mol. The first-order valence-corrected chi connectivity index (χ1v) is 10.1. The fourth-order valence-corrected chi connectivity index (χ4v) is 4.33. The van der Waals surface area contributed by atoms with Gasteiger partial charge in [0.15, 0.2) is 10.9 Å². The SMILES string of the molecule is COc1ccc(-n2c(C)cc(C(=O)CSc3n[nH]c(=O)n3C3CC3)c2C)cc1. The van der Waals surface area contributed by atoms with Gasteiger partial charge in [-0.1, -0.05) is 11.8 Å². The molecule has 28 heavy (non-hydrogen) atoms. The summed E-state index contributed by atoms with van der Waals surface area (Å²) >= 11 is 1.31. The number of aromatic amines is 1. The maximum Gasteiger partial charge on any atom is 0.344 e. The fourth-order valence-electron chi connectivity index (χ4n) is 3.43. The minimum absolute atomic E-state index is 0.0238. The van der Waals surface area contributed by atoms with Gasteiger partial charge in [0.05, 0.1) is 12.9 Å². The number of aryl methyl sites for hydroxylation is 1. The lowest BCUT2D eigenvalue weighted by Crippen LogP contribution is -2.16. The monoisotopic (exact) mass is 398 g/mol. The Labute approximate surface area is 166 Å². The number of hydrogen-bond donors (Lipinski definition) is 1. The zero-order chi connectivity index (χ0) is 19.8. The third-order valence-electron chi connectivity index (χ3n) is 4.98. The Balaban J connectivity index is 1.54. The van der Waals surface area contributed by atoms with E-state index in [2.05, 4.69) is 14.8 Å². The van der Waals surface area contributed by atoms with Gasteiger partial charge in [-0.3, -0.25) is 9.36 Å². The van der Waals surface area contributed by atoms with Crippen molar-refractivity contribution in [2.75, 3.05) is 12.9 Å². The van der Waals surface area contributed by atoms with Crippen molar-refractivity contribution in [2.45, 2.75) is 37.9 Å². The van der Waals surface area contributed by atoms with E-state index < -0.39 is 0 Å². The van der Waals surface area contributed by atoms with Crippen molar-refractivity contribution < 1.29 is 9.53 Å². The van der Waals surface area contributed by atoms with Gasteiger partial charge in [-0.15, -0.1) is 5.10 Å². The summed E-state index contributed by atoms with van der Waals surface area (Å²) in [7, 11) is 1.64. The number of benzene rings is 1. The lowest BCUT2D eigenvalue weighted by Gasteiger charge is -2.10. The molecule has 7 nitrogen and oxygen atoms in total. The highest BCUT2D eigenvalue weighted by molar-refractivity contribution is 7.99. The maximum atomic E-state index is 12.9. The van der Waals surface area contributed by atoms with Crippen LogP contribution < -0.4 is 10.4 Å². The van der Waals surface area contributed by atoms with Crippen molar-refractivity contribution in [1.29, 1.82) is 0 Å². The largest absolute Gasteiger partial charge is 0.497 e. The minimum Gasteiger partial charge on any atom is -0.497 e. The van der Waals surface area contributed by atoms with Crippen LogP contribution in [0.15, 0.2) is 40.3 Å². The van der Waals surface area contributed by atoms with Crippen LogP contribution in [-0.2, 0) is 0 Å². The summed E-state index contributed by atoms with van der Waals surface area (Å²) < 4.78 is 8.94. The smallest absolute Gasteiger partial charge is 0.344 e. The molecule has 1 fully saturated rings. The van der Waals surface area contributed by atoms with Crippen LogP contribution in [0.2, 0.25) is 0 Å². The van der Waals surface area contributed by atoms with Crippen molar-refractivity contribution in [3.63, 3.8) is 0 Å². The minimum atomic E-state index is -0.199. The Hall–Kier alpha value is -2.74. The second-order valence-electron chi connectivity index (χ2n) is 6.94. The number of H-pyrrole nitrogens is 1. The van der Waals surface area contributed by atoms with E-state index in [0.29, 0.717) is 10.7 Å². The number of carbonyl (C=O) groups excluding carboxylic acids is 1. The molecule has 1 saturated carbocycles. The van der Waals surface area contributed by atoms with E-state index >= 15 is 0 Å². The van der Waals surface area contributed by atoms with Gasteiger partial charge in [0.25, 0.3) is 0 Å². The van der Waals surface area contributed by atoms with Gasteiger partial charge in [0.1, 0.15) is 5.75 Å². The second-order valence-corrected chi connectivity index (χ2v) is 7.89. The number of Topliss-reactive ketones (excluding diaryl/α,β-unsaturated/α-hetero) is 1. The van der Waals surface area contributed by atoms with Crippen LogP contribution in [0, 0.1) is 13.8 Å². The van der Waals surface area contributed by atoms with Gasteiger partial charge in [-0.2, -0.15) is 0 Å². The van der Waals surface area contributed by atoms with Crippen molar-refractivity contribution >= 4 is 17.5 Å². The third-order valence-corrected chi connectivity index (χ3v) is 5.93. The van der Waals surface area contributed by atoms with Gasteiger partial charge in [-0.25, -0.2) is 9.89 Å². The Bertz CT molecular complexity index is 1070. The number of ether oxygens (including phenoxy) is 1. The zero-order valence-electron chi connectivity index (χ0n) is 16.1. The van der Waals surface area contributed by atoms with E-state index in [9.17, 15) is 9.59 Å². The van der Waals surface area contributed by atoms with Crippen molar-refractivity contribution in [2.24, 2.45) is 0 Å². The Kier molecular flexibility index (Phi) is 4.89. The van der Waals surface area contributed by atoms with E-state index in [4.69, 9.17) is 4.74 Å². The van der Waals surface area contributed by atoms with Crippen LogP contribution in [0.1, 0.15) is 40.6 Å². The number of aromatic nitrogens is 4. The molecule has 1 aromatic carbocycles. The molecule has 0 radical (unpaired) electrons. The molecular weight excluding hydrogens is 376 g/mol. The number of hydrogen-bond acceptors (Lipinski definition) is 5. The quantitative estimate of drug-likeness (QED) is 0.488. The predicted molar refractivity (Wildman–Crippen MR) is 108 cm³/mol. The number of methoxy groups -OCH3 is 1. The fraction of sp³-hybridized carbons (Fsp3) is 0.350. The molecule has 146 valence electrons. The molecule has 1 aliphatic carbocycles. The van der Waals surface area contributed by atoms with Crippen LogP contribution in [0.25, 0.3) is 5.69 Å². The van der Waals surface area contributed by atoms with E-state index in [1.165, 1.54) is 11.8 Å². The summed E-state index contributed by atoms with van der Waals surface area (Å²) in [5, 5.41) is 7.15. The van der Waals surface area contributed by atoms with E-state index in [1.54, 1.807) is 11.7 Å². The second kappa shape index (κ2) is 7.35. The molecule has 0 bridgehead atoms. The summed E-state index contributed by atoms with van der Waals surface area (Å²) in [4.78, 5) is 24.7. The van der Waals surface area contributed by atoms with Crippen LogP contribution in [0.5, 0.6) is 5.75 Å². The summed E-state index contributed by atoms with van der Waals surface area (Å²) in [6, 6.07) is 9.89. The molecule has 1 N–H and O–H groups in total. The molecule has 0 unspecified atom stereocenters. The number of nitrogens with one attached hydrogen (secondary N) is 1. The summed E-state index contributed by atoms with van der Waals surface area (Å²) in [6.45, 7) is 3.93. The van der Waals surface area contributed by atoms with Gasteiger partial charge >= 0.3 is 5.69 Å². The van der Waals surface area contributed by atoms with Crippen LogP contribution >= 0.6 is 11.8 Å². The molecule has 0 atom stereocenters. The molecule has 4 rings (SSSR count). The summed E-state index contributed by atoms with van der Waals surface area (Å²) in [5.41, 5.74) is 3.37. The highest BCUT2D eigenvalue weighted by Crippen LogP contribution is 2.36. The number of rotatable bonds is 7. The Morgan fingerprint density at radius 1 is 1.29 bits per heavy atom. The van der Waals surface area contributed by atoms with E-state index in [0.717, 1.165) is 35.7 Å². The van der Waals surface area contributed by atoms with Crippen LogP contribution in [0.3, 0.4) is 0 Å². The van der Waals surface area contributed by atoms with Gasteiger partial charge in [-0.05, 0) is 57.0 Å². The highest BCUT2D eigenvalue weighted by atomic mass is 32.2. The topological polar surface area (TPSA) is 81.9 Å². The molecule has 0 saturated heterocycles. The number of carbonyl (C=O) groups is 1.